The smallest absolute Gasteiger partial charge is 0.180 e. The fraction of sp³-hybridized carbons (Fsp3) is 0.688. The molecule has 0 radical (unpaired) electrons. The maximum absolute atomic E-state index is 11.9. The molecular formula is C16H22Cl2O. The highest BCUT2D eigenvalue weighted by molar-refractivity contribution is 6.51. The van der Waals surface area contributed by atoms with Crippen LogP contribution in [-0.4, -0.2) is 10.1 Å². The molecule has 1 nitrogen and oxygen atoms in total. The van der Waals surface area contributed by atoms with Gasteiger partial charge in [0.15, 0.2) is 5.78 Å². The molecule has 2 unspecified atom stereocenters. The third-order valence-electron chi connectivity index (χ3n) is 4.80. The molecule has 2 aliphatic carbocycles. The first-order chi connectivity index (χ1) is 8.60. The van der Waals surface area contributed by atoms with Gasteiger partial charge >= 0.3 is 0 Å². The standard InChI is InChI=1S/C16H22Cl2O/c1-11-6-5-8-15(4)13(16(15,17)18)10-14(2,3)9-7-12(11)19/h6-7,9,13H,5,8,10H2,1-4H3/b9-7+,11-6+. The van der Waals surface area contributed by atoms with Gasteiger partial charge < -0.3 is 0 Å². The Bertz CT molecular complexity index is 459. The molecule has 0 saturated heterocycles. The highest BCUT2D eigenvalue weighted by Crippen LogP contribution is 2.73. The topological polar surface area (TPSA) is 17.1 Å². The molecule has 106 valence electrons. The maximum atomic E-state index is 11.9. The van der Waals surface area contributed by atoms with Crippen LogP contribution < -0.4 is 0 Å². The second-order valence-corrected chi connectivity index (χ2v) is 8.29. The van der Waals surface area contributed by atoms with Crippen LogP contribution in [0.1, 0.15) is 47.0 Å². The van der Waals surface area contributed by atoms with E-state index in [1.54, 1.807) is 6.08 Å². The Balaban J connectivity index is 2.31. The number of carbonyl (C=O) groups excluding carboxylic acids is 1. The molecule has 0 aromatic rings. The highest BCUT2D eigenvalue weighted by atomic mass is 35.5. The molecule has 0 spiro atoms. The van der Waals surface area contributed by atoms with E-state index < -0.39 is 4.33 Å². The van der Waals surface area contributed by atoms with Gasteiger partial charge in [0.05, 0.1) is 0 Å². The van der Waals surface area contributed by atoms with Crippen molar-refractivity contribution < 1.29 is 4.79 Å². The van der Waals surface area contributed by atoms with E-state index >= 15 is 0 Å². The average molecular weight is 301 g/mol. The van der Waals surface area contributed by atoms with Crippen LogP contribution >= 0.6 is 23.2 Å². The largest absolute Gasteiger partial charge is 0.290 e. The van der Waals surface area contributed by atoms with Gasteiger partial charge in [0, 0.05) is 11.3 Å². The number of allylic oxidation sites excluding steroid dienone is 4. The Morgan fingerprint density at radius 2 is 1.89 bits per heavy atom. The Hall–Kier alpha value is -0.270. The fourth-order valence-corrected chi connectivity index (χ4v) is 4.06. The molecule has 1 saturated carbocycles. The molecule has 0 amide bonds. The van der Waals surface area contributed by atoms with E-state index in [0.717, 1.165) is 24.8 Å². The lowest BCUT2D eigenvalue weighted by atomic mass is 9.84. The normalized spacial score (nSPS) is 41.5. The zero-order valence-electron chi connectivity index (χ0n) is 12.1. The number of carbonyl (C=O) groups is 1. The van der Waals surface area contributed by atoms with Gasteiger partial charge in [0.2, 0.25) is 0 Å². The van der Waals surface area contributed by atoms with Crippen molar-refractivity contribution in [2.45, 2.75) is 51.3 Å². The molecule has 0 aliphatic heterocycles. The summed E-state index contributed by atoms with van der Waals surface area (Å²) in [6.45, 7) is 8.31. The fourth-order valence-electron chi connectivity index (χ4n) is 3.08. The monoisotopic (exact) mass is 300 g/mol. The molecule has 2 aliphatic rings. The highest BCUT2D eigenvalue weighted by Gasteiger charge is 2.72. The van der Waals surface area contributed by atoms with Crippen LogP contribution in [0.3, 0.4) is 0 Å². The summed E-state index contributed by atoms with van der Waals surface area (Å²) in [5.41, 5.74) is 0.716. The van der Waals surface area contributed by atoms with Crippen molar-refractivity contribution in [3.8, 4) is 0 Å². The van der Waals surface area contributed by atoms with Crippen LogP contribution in [0.15, 0.2) is 23.8 Å². The first-order valence-electron chi connectivity index (χ1n) is 6.88. The predicted molar refractivity (Wildman–Crippen MR) is 81.6 cm³/mol. The maximum Gasteiger partial charge on any atom is 0.180 e. The predicted octanol–water partition coefficient (Wildman–Crippen LogP) is 5.08. The van der Waals surface area contributed by atoms with Crippen molar-refractivity contribution in [3.63, 3.8) is 0 Å². The van der Waals surface area contributed by atoms with E-state index in [4.69, 9.17) is 23.2 Å². The zero-order chi connectivity index (χ0) is 14.5. The van der Waals surface area contributed by atoms with Crippen LogP contribution in [0.5, 0.6) is 0 Å². The van der Waals surface area contributed by atoms with Gasteiger partial charge in [0.25, 0.3) is 0 Å². The molecule has 2 atom stereocenters. The minimum atomic E-state index is -0.622. The van der Waals surface area contributed by atoms with Crippen molar-refractivity contribution >= 4 is 29.0 Å². The second kappa shape index (κ2) is 4.63. The minimum Gasteiger partial charge on any atom is -0.290 e. The summed E-state index contributed by atoms with van der Waals surface area (Å²) in [6.07, 6.45) is 8.42. The van der Waals surface area contributed by atoms with Gasteiger partial charge in [-0.25, -0.2) is 0 Å². The van der Waals surface area contributed by atoms with E-state index in [0.29, 0.717) is 5.92 Å². The summed E-state index contributed by atoms with van der Waals surface area (Å²) in [5, 5.41) is 0. The first-order valence-corrected chi connectivity index (χ1v) is 7.64. The molecule has 0 bridgehead atoms. The second-order valence-electron chi connectivity index (χ2n) is 6.91. The third kappa shape index (κ3) is 2.64. The number of ketones is 1. The molecule has 0 aromatic carbocycles. The van der Waals surface area contributed by atoms with Crippen molar-refractivity contribution in [3.05, 3.63) is 23.8 Å². The Labute approximate surface area is 126 Å². The molecule has 2 rings (SSSR count). The molecule has 1 fully saturated rings. The number of rotatable bonds is 0. The number of hydrogen-bond donors (Lipinski definition) is 0. The van der Waals surface area contributed by atoms with Crippen molar-refractivity contribution in [1.82, 2.24) is 0 Å². The molecular weight excluding hydrogens is 279 g/mol. The van der Waals surface area contributed by atoms with Gasteiger partial charge in [-0.2, -0.15) is 0 Å². The van der Waals surface area contributed by atoms with Crippen LogP contribution in [0, 0.1) is 16.7 Å². The van der Waals surface area contributed by atoms with Crippen molar-refractivity contribution in [2.75, 3.05) is 0 Å². The van der Waals surface area contributed by atoms with E-state index in [1.807, 2.05) is 19.1 Å². The van der Waals surface area contributed by atoms with Gasteiger partial charge in [-0.3, -0.25) is 4.79 Å². The SMILES string of the molecule is C/C1=C\CCC2(C)C(CC(C)(C)/C=C/C1=O)C2(Cl)Cl. The summed E-state index contributed by atoms with van der Waals surface area (Å²) in [6, 6.07) is 0. The van der Waals surface area contributed by atoms with Crippen LogP contribution in [-0.2, 0) is 4.79 Å². The number of fused-ring (bicyclic) bond motifs is 1. The summed E-state index contributed by atoms with van der Waals surface area (Å²) >= 11 is 13.0. The lowest BCUT2D eigenvalue weighted by Gasteiger charge is -2.21. The van der Waals surface area contributed by atoms with Crippen LogP contribution in [0.2, 0.25) is 0 Å². The lowest BCUT2D eigenvalue weighted by Crippen LogP contribution is -2.12. The molecule has 0 aromatic heterocycles. The number of hydrogen-bond acceptors (Lipinski definition) is 1. The van der Waals surface area contributed by atoms with E-state index in [9.17, 15) is 4.79 Å². The van der Waals surface area contributed by atoms with E-state index in [1.165, 1.54) is 0 Å². The van der Waals surface area contributed by atoms with Crippen molar-refractivity contribution in [1.29, 1.82) is 0 Å². The van der Waals surface area contributed by atoms with Crippen molar-refractivity contribution in [2.24, 2.45) is 16.7 Å². The Morgan fingerprint density at radius 3 is 2.53 bits per heavy atom. The van der Waals surface area contributed by atoms with Gasteiger partial charge in [-0.1, -0.05) is 32.9 Å². The van der Waals surface area contributed by atoms with Gasteiger partial charge in [-0.05, 0) is 43.3 Å². The summed E-state index contributed by atoms with van der Waals surface area (Å²) in [4.78, 5) is 11.9. The molecule has 3 heteroatoms. The number of alkyl halides is 2. The average Bonchev–Trinajstić information content (AvgIpc) is 2.70. The third-order valence-corrected chi connectivity index (χ3v) is 6.19. The molecule has 0 heterocycles. The minimum absolute atomic E-state index is 0.0363. The summed E-state index contributed by atoms with van der Waals surface area (Å²) in [7, 11) is 0. The van der Waals surface area contributed by atoms with Gasteiger partial charge in [-0.15, -0.1) is 23.2 Å². The first kappa shape index (κ1) is 15.1. The van der Waals surface area contributed by atoms with E-state index in [2.05, 4.69) is 20.8 Å². The Kier molecular flexibility index (Phi) is 3.69. The van der Waals surface area contributed by atoms with Crippen LogP contribution in [0.4, 0.5) is 0 Å². The molecule has 19 heavy (non-hydrogen) atoms. The zero-order valence-corrected chi connectivity index (χ0v) is 13.6. The lowest BCUT2D eigenvalue weighted by molar-refractivity contribution is -0.111. The Morgan fingerprint density at radius 1 is 1.26 bits per heavy atom. The molecule has 0 N–H and O–H groups in total. The summed E-state index contributed by atoms with van der Waals surface area (Å²) < 4.78 is -0.622. The quantitative estimate of drug-likeness (QED) is 0.570. The van der Waals surface area contributed by atoms with Gasteiger partial charge in [0.1, 0.15) is 4.33 Å². The van der Waals surface area contributed by atoms with Crippen LogP contribution in [0.25, 0.3) is 0 Å². The van der Waals surface area contributed by atoms with E-state index in [-0.39, 0.29) is 16.6 Å². The number of halogens is 2. The summed E-state index contributed by atoms with van der Waals surface area (Å²) in [5.74, 6) is 0.404.